The Balaban J connectivity index is 2.26. The summed E-state index contributed by atoms with van der Waals surface area (Å²) in [6.07, 6.45) is 4.54. The van der Waals surface area contributed by atoms with Gasteiger partial charge in [-0.1, -0.05) is 0 Å². The van der Waals surface area contributed by atoms with E-state index in [0.717, 1.165) is 25.7 Å². The van der Waals surface area contributed by atoms with Crippen molar-refractivity contribution in [1.82, 2.24) is 0 Å². The van der Waals surface area contributed by atoms with Gasteiger partial charge in [0.25, 0.3) is 0 Å². The number of hydrogen-bond donors (Lipinski definition) is 1. The molecule has 0 atom stereocenters. The maximum Gasteiger partial charge on any atom is 0.0493 e. The van der Waals surface area contributed by atoms with Gasteiger partial charge in [0.05, 0.1) is 0 Å². The molecule has 0 bridgehead atoms. The molecule has 1 fully saturated rings. The lowest BCUT2D eigenvalue weighted by Crippen LogP contribution is -2.27. The fraction of sp³-hybridized carbons (Fsp3) is 0.857. The van der Waals surface area contributed by atoms with Gasteiger partial charge in [-0.05, 0) is 32.4 Å². The maximum absolute atomic E-state index is 5.69. The molecule has 2 nitrogen and oxygen atoms in total. The number of rotatable bonds is 1. The fourth-order valence-electron chi connectivity index (χ4n) is 1.28. The molecule has 1 rings (SSSR count). The van der Waals surface area contributed by atoms with Crippen molar-refractivity contribution < 1.29 is 0 Å². The monoisotopic (exact) mass is 126 g/mol. The van der Waals surface area contributed by atoms with Gasteiger partial charge in [0.1, 0.15) is 0 Å². The van der Waals surface area contributed by atoms with E-state index in [2.05, 4.69) is 11.7 Å². The molecular formula is C7H14N2. The summed E-state index contributed by atoms with van der Waals surface area (Å²) < 4.78 is 0. The van der Waals surface area contributed by atoms with Gasteiger partial charge < -0.3 is 5.73 Å². The molecule has 0 unspecified atom stereocenters. The first-order chi connectivity index (χ1) is 4.33. The molecule has 2 N–H and O–H groups in total. The van der Waals surface area contributed by atoms with E-state index in [9.17, 15) is 0 Å². The summed E-state index contributed by atoms with van der Waals surface area (Å²) in [6.45, 7) is 3.52. The highest BCUT2D eigenvalue weighted by molar-refractivity contribution is 5.24. The van der Waals surface area contributed by atoms with Crippen molar-refractivity contribution in [3.63, 3.8) is 0 Å². The van der Waals surface area contributed by atoms with Crippen LogP contribution in [0.3, 0.4) is 0 Å². The smallest absolute Gasteiger partial charge is 0.0493 e. The third kappa shape index (κ3) is 1.79. The average molecular weight is 126 g/mol. The van der Waals surface area contributed by atoms with Crippen molar-refractivity contribution in [2.45, 2.75) is 37.8 Å². The highest BCUT2D eigenvalue weighted by Crippen LogP contribution is 2.18. The summed E-state index contributed by atoms with van der Waals surface area (Å²) in [7, 11) is 0. The zero-order valence-electron chi connectivity index (χ0n) is 5.71. The third-order valence-electron chi connectivity index (χ3n) is 2.00. The number of hydrogen-bond acceptors (Lipinski definition) is 2. The Morgan fingerprint density at radius 3 is 2.22 bits per heavy atom. The zero-order chi connectivity index (χ0) is 6.69. The van der Waals surface area contributed by atoms with E-state index < -0.39 is 0 Å². The van der Waals surface area contributed by atoms with Crippen LogP contribution in [0.5, 0.6) is 0 Å². The molecule has 9 heavy (non-hydrogen) atoms. The molecule has 2 heteroatoms. The van der Waals surface area contributed by atoms with Crippen molar-refractivity contribution in [2.24, 2.45) is 10.7 Å². The lowest BCUT2D eigenvalue weighted by molar-refractivity contribution is 0.397. The SMILES string of the molecule is C=NC1CCC(N)CC1. The molecule has 0 aromatic rings. The van der Waals surface area contributed by atoms with E-state index in [4.69, 9.17) is 5.73 Å². The standard InChI is InChI=1S/C7H14N2/c1-9-7-4-2-6(8)3-5-7/h6-7H,1-5,8H2. The number of aliphatic imine (C=N–C) groups is 1. The van der Waals surface area contributed by atoms with Crippen molar-refractivity contribution in [1.29, 1.82) is 0 Å². The van der Waals surface area contributed by atoms with Crippen LogP contribution in [-0.4, -0.2) is 18.8 Å². The lowest BCUT2D eigenvalue weighted by Gasteiger charge is -2.22. The summed E-state index contributed by atoms with van der Waals surface area (Å²) in [6, 6.07) is 0.938. The Kier molecular flexibility index (Phi) is 2.22. The molecule has 0 aliphatic heterocycles. The minimum absolute atomic E-state index is 0.433. The molecule has 1 aliphatic carbocycles. The molecule has 0 aromatic heterocycles. The van der Waals surface area contributed by atoms with Gasteiger partial charge in [-0.25, -0.2) is 0 Å². The van der Waals surface area contributed by atoms with Gasteiger partial charge in [-0.3, -0.25) is 4.99 Å². The topological polar surface area (TPSA) is 38.4 Å². The molecule has 1 aliphatic rings. The number of nitrogens with two attached hydrogens (primary N) is 1. The summed E-state index contributed by atoms with van der Waals surface area (Å²) >= 11 is 0. The second-order valence-electron chi connectivity index (χ2n) is 2.75. The summed E-state index contributed by atoms with van der Waals surface area (Å²) in [5.41, 5.74) is 5.69. The van der Waals surface area contributed by atoms with Crippen LogP contribution in [0.1, 0.15) is 25.7 Å². The highest BCUT2D eigenvalue weighted by atomic mass is 14.8. The van der Waals surface area contributed by atoms with Crippen LogP contribution in [0.4, 0.5) is 0 Å². The molecule has 1 saturated carbocycles. The van der Waals surface area contributed by atoms with Gasteiger partial charge in [0.15, 0.2) is 0 Å². The van der Waals surface area contributed by atoms with E-state index in [1.165, 1.54) is 0 Å². The Bertz CT molecular complexity index is 93.1. The van der Waals surface area contributed by atoms with Crippen molar-refractivity contribution in [3.05, 3.63) is 0 Å². The average Bonchev–Trinajstić information content (AvgIpc) is 1.90. The summed E-state index contributed by atoms with van der Waals surface area (Å²) in [5, 5.41) is 0. The second kappa shape index (κ2) is 2.97. The molecular weight excluding hydrogens is 112 g/mol. The molecule has 0 saturated heterocycles. The van der Waals surface area contributed by atoms with Crippen molar-refractivity contribution in [2.75, 3.05) is 0 Å². The Morgan fingerprint density at radius 1 is 1.22 bits per heavy atom. The van der Waals surface area contributed by atoms with Gasteiger partial charge in [-0.15, -0.1) is 0 Å². The van der Waals surface area contributed by atoms with E-state index in [0.29, 0.717) is 12.1 Å². The Hall–Kier alpha value is -0.370. The second-order valence-corrected chi connectivity index (χ2v) is 2.75. The lowest BCUT2D eigenvalue weighted by atomic mass is 9.92. The summed E-state index contributed by atoms with van der Waals surface area (Å²) in [4.78, 5) is 3.98. The Labute approximate surface area is 56.2 Å². The fourth-order valence-corrected chi connectivity index (χ4v) is 1.28. The Morgan fingerprint density at radius 2 is 1.78 bits per heavy atom. The van der Waals surface area contributed by atoms with Gasteiger partial charge in [-0.2, -0.15) is 0 Å². The molecule has 0 amide bonds. The maximum atomic E-state index is 5.69. The molecule has 0 heterocycles. The molecule has 0 aromatic carbocycles. The van der Waals surface area contributed by atoms with Crippen LogP contribution in [0, 0.1) is 0 Å². The minimum atomic E-state index is 0.433. The van der Waals surface area contributed by atoms with Crippen LogP contribution in [0.15, 0.2) is 4.99 Å². The first-order valence-corrected chi connectivity index (χ1v) is 3.54. The largest absolute Gasteiger partial charge is 0.328 e. The predicted octanol–water partition coefficient (Wildman–Crippen LogP) is 0.957. The van der Waals surface area contributed by atoms with E-state index in [1.54, 1.807) is 0 Å². The van der Waals surface area contributed by atoms with Gasteiger partial charge in [0.2, 0.25) is 0 Å². The number of nitrogens with zero attached hydrogens (tertiary/aromatic N) is 1. The molecule has 0 spiro atoms. The van der Waals surface area contributed by atoms with E-state index >= 15 is 0 Å². The third-order valence-corrected chi connectivity index (χ3v) is 2.00. The van der Waals surface area contributed by atoms with Crippen LogP contribution in [-0.2, 0) is 0 Å². The summed E-state index contributed by atoms with van der Waals surface area (Å²) in [5.74, 6) is 0. The quantitative estimate of drug-likeness (QED) is 0.522. The van der Waals surface area contributed by atoms with E-state index in [1.807, 2.05) is 0 Å². The minimum Gasteiger partial charge on any atom is -0.328 e. The van der Waals surface area contributed by atoms with Crippen molar-refractivity contribution >= 4 is 6.72 Å². The van der Waals surface area contributed by atoms with E-state index in [-0.39, 0.29) is 0 Å². The highest BCUT2D eigenvalue weighted by Gasteiger charge is 2.15. The van der Waals surface area contributed by atoms with Crippen LogP contribution in [0.25, 0.3) is 0 Å². The van der Waals surface area contributed by atoms with Crippen LogP contribution < -0.4 is 5.73 Å². The molecule has 52 valence electrons. The normalized spacial score (nSPS) is 36.1. The zero-order valence-corrected chi connectivity index (χ0v) is 5.71. The first kappa shape index (κ1) is 6.75. The van der Waals surface area contributed by atoms with Crippen LogP contribution >= 0.6 is 0 Å². The van der Waals surface area contributed by atoms with Gasteiger partial charge >= 0.3 is 0 Å². The first-order valence-electron chi connectivity index (χ1n) is 3.54. The van der Waals surface area contributed by atoms with Gasteiger partial charge in [0, 0.05) is 12.1 Å². The predicted molar refractivity (Wildman–Crippen MR) is 39.8 cm³/mol. The molecule has 0 radical (unpaired) electrons. The van der Waals surface area contributed by atoms with Crippen LogP contribution in [0.2, 0.25) is 0 Å². The van der Waals surface area contributed by atoms with Crippen molar-refractivity contribution in [3.8, 4) is 0 Å².